The highest BCUT2D eigenvalue weighted by Crippen LogP contribution is 2.39. The Kier molecular flexibility index (Phi) is 4.67. The third kappa shape index (κ3) is 2.77. The van der Waals surface area contributed by atoms with E-state index in [9.17, 15) is 0 Å². The molecule has 1 aromatic rings. The number of hydrogen-bond donors (Lipinski definition) is 1. The maximum atomic E-state index is 3.78. The van der Waals surface area contributed by atoms with Gasteiger partial charge in [-0.1, -0.05) is 45.2 Å². The zero-order valence-electron chi connectivity index (χ0n) is 10.4. The fourth-order valence-corrected chi connectivity index (χ4v) is 4.06. The molecule has 3 heteroatoms. The summed E-state index contributed by atoms with van der Waals surface area (Å²) in [5.41, 5.74) is 4.29. The summed E-state index contributed by atoms with van der Waals surface area (Å²) in [5, 5.41) is 3.63. The van der Waals surface area contributed by atoms with Gasteiger partial charge in [0.2, 0.25) is 0 Å². The molecule has 0 saturated carbocycles. The van der Waals surface area contributed by atoms with Crippen LogP contribution in [0.1, 0.15) is 48.9 Å². The molecular formula is C14H19Br2N. The van der Waals surface area contributed by atoms with Gasteiger partial charge in [0.05, 0.1) is 0 Å². The van der Waals surface area contributed by atoms with Crippen LogP contribution < -0.4 is 5.32 Å². The lowest BCUT2D eigenvalue weighted by Gasteiger charge is -2.22. The van der Waals surface area contributed by atoms with Gasteiger partial charge in [-0.05, 0) is 55.5 Å². The first-order valence-electron chi connectivity index (χ1n) is 6.36. The molecule has 1 aliphatic rings. The van der Waals surface area contributed by atoms with Crippen LogP contribution in [0.25, 0.3) is 0 Å². The summed E-state index contributed by atoms with van der Waals surface area (Å²) >= 11 is 7.52. The molecule has 0 aromatic heterocycles. The van der Waals surface area contributed by atoms with Crippen LogP contribution in [0.15, 0.2) is 15.0 Å². The van der Waals surface area contributed by atoms with Crippen molar-refractivity contribution in [1.82, 2.24) is 5.32 Å². The zero-order chi connectivity index (χ0) is 12.4. The van der Waals surface area contributed by atoms with Crippen molar-refractivity contribution in [2.75, 3.05) is 6.54 Å². The Morgan fingerprint density at radius 3 is 2.82 bits per heavy atom. The summed E-state index contributed by atoms with van der Waals surface area (Å²) in [5.74, 6) is 0. The second-order valence-corrected chi connectivity index (χ2v) is 6.38. The number of rotatable bonds is 2. The molecule has 0 amide bonds. The highest BCUT2D eigenvalue weighted by molar-refractivity contribution is 9.11. The highest BCUT2D eigenvalue weighted by atomic mass is 79.9. The van der Waals surface area contributed by atoms with E-state index in [-0.39, 0.29) is 0 Å². The molecule has 17 heavy (non-hydrogen) atoms. The molecule has 1 N–H and O–H groups in total. The van der Waals surface area contributed by atoms with Gasteiger partial charge in [0.1, 0.15) is 0 Å². The van der Waals surface area contributed by atoms with Gasteiger partial charge < -0.3 is 5.32 Å². The molecule has 0 bridgehead atoms. The number of nitrogens with one attached hydrogen (secondary N) is 1. The third-order valence-electron chi connectivity index (χ3n) is 3.51. The van der Waals surface area contributed by atoms with E-state index in [1.54, 1.807) is 0 Å². The van der Waals surface area contributed by atoms with E-state index in [1.165, 1.54) is 51.3 Å². The number of halogens is 2. The molecule has 1 unspecified atom stereocenters. The highest BCUT2D eigenvalue weighted by Gasteiger charge is 2.23. The van der Waals surface area contributed by atoms with Gasteiger partial charge in [0.25, 0.3) is 0 Å². The Labute approximate surface area is 121 Å². The van der Waals surface area contributed by atoms with Crippen molar-refractivity contribution < 1.29 is 0 Å². The topological polar surface area (TPSA) is 12.0 Å². The van der Waals surface area contributed by atoms with E-state index in [1.807, 2.05) is 0 Å². The second-order valence-electron chi connectivity index (χ2n) is 4.74. The van der Waals surface area contributed by atoms with E-state index in [0.717, 1.165) is 6.54 Å². The van der Waals surface area contributed by atoms with Gasteiger partial charge in [0, 0.05) is 15.0 Å². The van der Waals surface area contributed by atoms with E-state index in [4.69, 9.17) is 0 Å². The largest absolute Gasteiger partial charge is 0.310 e. The van der Waals surface area contributed by atoms with Crippen molar-refractivity contribution in [2.45, 2.75) is 45.6 Å². The maximum absolute atomic E-state index is 3.78. The predicted octanol–water partition coefficient (Wildman–Crippen LogP) is 4.90. The molecule has 0 fully saturated rings. The second kappa shape index (κ2) is 5.85. The smallest absolute Gasteiger partial charge is 0.0334 e. The first kappa shape index (κ1) is 13.6. The number of hydrogen-bond acceptors (Lipinski definition) is 1. The lowest BCUT2D eigenvalue weighted by Crippen LogP contribution is -2.22. The molecule has 1 aliphatic carbocycles. The van der Waals surface area contributed by atoms with Crippen molar-refractivity contribution in [3.63, 3.8) is 0 Å². The van der Waals surface area contributed by atoms with Gasteiger partial charge in [-0.25, -0.2) is 0 Å². The van der Waals surface area contributed by atoms with E-state index >= 15 is 0 Å². The van der Waals surface area contributed by atoms with Crippen molar-refractivity contribution in [3.8, 4) is 0 Å². The summed E-state index contributed by atoms with van der Waals surface area (Å²) in [7, 11) is 0. The fourth-order valence-electron chi connectivity index (χ4n) is 2.68. The SMILES string of the molecule is CCNC1CCCCc2c(Br)cc(C)c(Br)c21. The Balaban J connectivity index is 2.54. The van der Waals surface area contributed by atoms with Gasteiger partial charge >= 0.3 is 0 Å². The molecule has 0 heterocycles. The summed E-state index contributed by atoms with van der Waals surface area (Å²) in [6.07, 6.45) is 5.04. The number of benzene rings is 1. The van der Waals surface area contributed by atoms with Crippen LogP contribution in [0.3, 0.4) is 0 Å². The molecule has 0 saturated heterocycles. The summed E-state index contributed by atoms with van der Waals surface area (Å²) in [6.45, 7) is 5.38. The Morgan fingerprint density at radius 2 is 2.12 bits per heavy atom. The van der Waals surface area contributed by atoms with Gasteiger partial charge in [-0.2, -0.15) is 0 Å². The molecule has 1 atom stereocenters. The first-order chi connectivity index (χ1) is 8.15. The molecular weight excluding hydrogens is 342 g/mol. The van der Waals surface area contributed by atoms with Crippen LogP contribution in [0.2, 0.25) is 0 Å². The first-order valence-corrected chi connectivity index (χ1v) is 7.94. The van der Waals surface area contributed by atoms with Crippen LogP contribution in [-0.4, -0.2) is 6.54 Å². The average Bonchev–Trinajstić information content (AvgIpc) is 2.50. The van der Waals surface area contributed by atoms with Gasteiger partial charge in [-0.15, -0.1) is 0 Å². The lowest BCUT2D eigenvalue weighted by molar-refractivity contribution is 0.502. The quantitative estimate of drug-likeness (QED) is 0.740. The van der Waals surface area contributed by atoms with E-state index < -0.39 is 0 Å². The monoisotopic (exact) mass is 359 g/mol. The maximum Gasteiger partial charge on any atom is 0.0334 e. The van der Waals surface area contributed by atoms with Crippen molar-refractivity contribution in [2.24, 2.45) is 0 Å². The molecule has 0 spiro atoms. The summed E-state index contributed by atoms with van der Waals surface area (Å²) in [6, 6.07) is 2.74. The third-order valence-corrected chi connectivity index (χ3v) is 5.27. The van der Waals surface area contributed by atoms with Crippen LogP contribution in [0.5, 0.6) is 0 Å². The molecule has 1 aromatic carbocycles. The minimum atomic E-state index is 0.503. The molecule has 94 valence electrons. The van der Waals surface area contributed by atoms with Crippen LogP contribution in [0.4, 0.5) is 0 Å². The normalized spacial score (nSPS) is 19.9. The van der Waals surface area contributed by atoms with Crippen LogP contribution in [0, 0.1) is 6.92 Å². The van der Waals surface area contributed by atoms with Gasteiger partial charge in [0.15, 0.2) is 0 Å². The number of aryl methyl sites for hydroxylation is 1. The van der Waals surface area contributed by atoms with Crippen LogP contribution >= 0.6 is 31.9 Å². The summed E-state index contributed by atoms with van der Waals surface area (Å²) < 4.78 is 2.57. The van der Waals surface area contributed by atoms with E-state index in [0.29, 0.717) is 6.04 Å². The van der Waals surface area contributed by atoms with Gasteiger partial charge in [-0.3, -0.25) is 0 Å². The average molecular weight is 361 g/mol. The fraction of sp³-hybridized carbons (Fsp3) is 0.571. The predicted molar refractivity (Wildman–Crippen MR) is 80.6 cm³/mol. The Bertz CT molecular complexity index is 415. The van der Waals surface area contributed by atoms with Crippen molar-refractivity contribution in [3.05, 3.63) is 31.7 Å². The van der Waals surface area contributed by atoms with Crippen molar-refractivity contribution >= 4 is 31.9 Å². The standard InChI is InChI=1S/C14H19Br2N/c1-3-17-12-7-5-4-6-10-11(15)8-9(2)14(16)13(10)12/h8,12,17H,3-7H2,1-2H3. The minimum Gasteiger partial charge on any atom is -0.310 e. The molecule has 0 radical (unpaired) electrons. The molecule has 2 rings (SSSR count). The Hall–Kier alpha value is 0.140. The lowest BCUT2D eigenvalue weighted by atomic mass is 9.97. The van der Waals surface area contributed by atoms with Crippen molar-refractivity contribution in [1.29, 1.82) is 0 Å². The van der Waals surface area contributed by atoms with Crippen LogP contribution in [-0.2, 0) is 6.42 Å². The Morgan fingerprint density at radius 1 is 1.35 bits per heavy atom. The zero-order valence-corrected chi connectivity index (χ0v) is 13.6. The minimum absolute atomic E-state index is 0.503. The molecule has 1 nitrogen and oxygen atoms in total. The molecule has 0 aliphatic heterocycles. The number of fused-ring (bicyclic) bond motifs is 1. The van der Waals surface area contributed by atoms with E-state index in [2.05, 4.69) is 57.1 Å². The summed E-state index contributed by atoms with van der Waals surface area (Å²) in [4.78, 5) is 0.